The summed E-state index contributed by atoms with van der Waals surface area (Å²) in [6.07, 6.45) is 1.43. The molecule has 1 saturated heterocycles. The maximum Gasteiger partial charge on any atom is 0.339 e. The molecule has 0 saturated carbocycles. The van der Waals surface area contributed by atoms with Crippen molar-refractivity contribution in [3.05, 3.63) is 88.3 Å². The minimum Gasteiger partial charge on any atom is -0.493 e. The number of benzene rings is 3. The van der Waals surface area contributed by atoms with E-state index in [9.17, 15) is 18.0 Å². The summed E-state index contributed by atoms with van der Waals surface area (Å²) in [6.45, 7) is 3.99. The number of rotatable bonds is 9. The molecular weight excluding hydrogens is 514 g/mol. The van der Waals surface area contributed by atoms with E-state index in [4.69, 9.17) is 13.7 Å². The summed E-state index contributed by atoms with van der Waals surface area (Å²) in [5.74, 6) is 0.226. The normalized spacial score (nSPS) is 14.8. The summed E-state index contributed by atoms with van der Waals surface area (Å²) >= 11 is 0.761. The lowest BCUT2D eigenvalue weighted by molar-refractivity contribution is -0.123. The Labute approximate surface area is 220 Å². The molecule has 37 heavy (non-hydrogen) atoms. The van der Waals surface area contributed by atoms with E-state index >= 15 is 0 Å². The maximum atomic E-state index is 13.0. The van der Waals surface area contributed by atoms with Gasteiger partial charge < -0.3 is 13.7 Å². The van der Waals surface area contributed by atoms with E-state index in [-0.39, 0.29) is 40.0 Å². The van der Waals surface area contributed by atoms with Crippen LogP contribution in [0.5, 0.6) is 17.2 Å². The van der Waals surface area contributed by atoms with Gasteiger partial charge in [-0.25, -0.2) is 0 Å². The molecule has 1 aliphatic rings. The first-order chi connectivity index (χ1) is 17.7. The molecule has 1 fully saturated rings. The third-order valence-corrected chi connectivity index (χ3v) is 7.61. The lowest BCUT2D eigenvalue weighted by Crippen LogP contribution is -2.32. The average molecular weight is 540 g/mol. The Morgan fingerprint density at radius 2 is 1.68 bits per heavy atom. The highest BCUT2D eigenvalue weighted by atomic mass is 32.2. The predicted molar refractivity (Wildman–Crippen MR) is 141 cm³/mol. The van der Waals surface area contributed by atoms with Gasteiger partial charge in [-0.15, -0.1) is 0 Å². The molecule has 1 heterocycles. The van der Waals surface area contributed by atoms with Gasteiger partial charge in [0.1, 0.15) is 17.3 Å². The molecule has 1 aliphatic heterocycles. The van der Waals surface area contributed by atoms with Crippen molar-refractivity contribution in [1.29, 1.82) is 0 Å². The topological polar surface area (TPSA) is 99.2 Å². The molecule has 10 heteroatoms. The molecule has 0 unspecified atom stereocenters. The van der Waals surface area contributed by atoms with Crippen molar-refractivity contribution in [2.24, 2.45) is 0 Å². The van der Waals surface area contributed by atoms with E-state index in [1.807, 2.05) is 32.0 Å². The first kappa shape index (κ1) is 26.3. The third kappa shape index (κ3) is 6.15. The van der Waals surface area contributed by atoms with Crippen LogP contribution in [0.1, 0.15) is 16.7 Å². The Hall–Kier alpha value is -3.76. The number of para-hydroxylation sites is 1. The number of nitrogens with zero attached hydrogens (tertiary/aromatic N) is 1. The molecule has 0 spiro atoms. The van der Waals surface area contributed by atoms with Gasteiger partial charge in [0.25, 0.3) is 11.1 Å². The lowest BCUT2D eigenvalue weighted by atomic mass is 10.1. The lowest BCUT2D eigenvalue weighted by Gasteiger charge is -2.14. The molecule has 2 amide bonds. The quantitative estimate of drug-likeness (QED) is 0.270. The van der Waals surface area contributed by atoms with Gasteiger partial charge in [0.05, 0.1) is 18.6 Å². The van der Waals surface area contributed by atoms with Crippen molar-refractivity contribution in [1.82, 2.24) is 4.90 Å². The first-order valence-electron chi connectivity index (χ1n) is 11.3. The number of thioether (sulfide) groups is 1. The van der Waals surface area contributed by atoms with Crippen molar-refractivity contribution >= 4 is 39.1 Å². The third-order valence-electron chi connectivity index (χ3n) is 5.47. The molecule has 8 nitrogen and oxygen atoms in total. The van der Waals surface area contributed by atoms with Crippen LogP contribution in [0.2, 0.25) is 0 Å². The number of imide groups is 1. The SMILES string of the molecule is COc1cccc(/C=C2\SC(=O)N(CCOc3cccc(C)c3)C2=O)c1OS(=O)(=O)c1ccc(C)cc1. The summed E-state index contributed by atoms with van der Waals surface area (Å²) in [7, 11) is -2.81. The molecule has 0 bridgehead atoms. The fourth-order valence-electron chi connectivity index (χ4n) is 3.55. The Morgan fingerprint density at radius 1 is 0.946 bits per heavy atom. The van der Waals surface area contributed by atoms with Crippen LogP contribution in [-0.2, 0) is 14.9 Å². The van der Waals surface area contributed by atoms with Crippen LogP contribution in [0.3, 0.4) is 0 Å². The highest BCUT2D eigenvalue weighted by Crippen LogP contribution is 2.38. The van der Waals surface area contributed by atoms with Gasteiger partial charge in [-0.1, -0.05) is 42.0 Å². The number of ether oxygens (including phenoxy) is 2. The molecule has 192 valence electrons. The second kappa shape index (κ2) is 11.1. The molecular formula is C27H25NO7S2. The summed E-state index contributed by atoms with van der Waals surface area (Å²) < 4.78 is 42.4. The summed E-state index contributed by atoms with van der Waals surface area (Å²) in [5.41, 5.74) is 2.21. The number of hydrogen-bond acceptors (Lipinski definition) is 8. The van der Waals surface area contributed by atoms with Crippen molar-refractivity contribution in [2.75, 3.05) is 20.3 Å². The number of methoxy groups -OCH3 is 1. The summed E-state index contributed by atoms with van der Waals surface area (Å²) in [6, 6.07) is 18.5. The smallest absolute Gasteiger partial charge is 0.339 e. The van der Waals surface area contributed by atoms with Gasteiger partial charge in [-0.2, -0.15) is 8.42 Å². The van der Waals surface area contributed by atoms with Crippen molar-refractivity contribution in [2.45, 2.75) is 18.7 Å². The van der Waals surface area contributed by atoms with Gasteiger partial charge in [0, 0.05) is 5.56 Å². The van der Waals surface area contributed by atoms with E-state index in [2.05, 4.69) is 0 Å². The fraction of sp³-hybridized carbons (Fsp3) is 0.185. The highest BCUT2D eigenvalue weighted by molar-refractivity contribution is 8.18. The highest BCUT2D eigenvalue weighted by Gasteiger charge is 2.35. The van der Waals surface area contributed by atoms with Gasteiger partial charge in [0.15, 0.2) is 11.5 Å². The molecule has 0 aromatic heterocycles. The van der Waals surface area contributed by atoms with E-state index in [0.29, 0.717) is 5.75 Å². The molecule has 0 N–H and O–H groups in total. The van der Waals surface area contributed by atoms with E-state index in [1.165, 1.54) is 25.3 Å². The van der Waals surface area contributed by atoms with Crippen LogP contribution in [0.4, 0.5) is 4.79 Å². The van der Waals surface area contributed by atoms with Gasteiger partial charge >= 0.3 is 10.1 Å². The number of hydrogen-bond donors (Lipinski definition) is 0. The van der Waals surface area contributed by atoms with Crippen LogP contribution >= 0.6 is 11.8 Å². The van der Waals surface area contributed by atoms with Crippen LogP contribution < -0.4 is 13.7 Å². The van der Waals surface area contributed by atoms with E-state index in [1.54, 1.807) is 36.4 Å². The Kier molecular flexibility index (Phi) is 7.89. The van der Waals surface area contributed by atoms with Crippen LogP contribution in [0.15, 0.2) is 76.5 Å². The fourth-order valence-corrected chi connectivity index (χ4v) is 5.37. The average Bonchev–Trinajstić information content (AvgIpc) is 3.12. The number of amides is 2. The number of aryl methyl sites for hydroxylation is 2. The Balaban J connectivity index is 1.55. The van der Waals surface area contributed by atoms with Gasteiger partial charge in [-0.3, -0.25) is 14.5 Å². The van der Waals surface area contributed by atoms with E-state index < -0.39 is 21.3 Å². The number of carbonyl (C=O) groups is 2. The monoisotopic (exact) mass is 539 g/mol. The van der Waals surface area contributed by atoms with Crippen LogP contribution in [0.25, 0.3) is 6.08 Å². The van der Waals surface area contributed by atoms with Crippen LogP contribution in [-0.4, -0.2) is 44.7 Å². The zero-order valence-electron chi connectivity index (χ0n) is 20.5. The standard InChI is InChI=1S/C27H25NO7S2/c1-18-10-12-22(13-11-18)37(31,32)35-25-20(7-5-9-23(25)33-3)17-24-26(29)28(27(30)36-24)14-15-34-21-8-4-6-19(2)16-21/h4-13,16-17H,14-15H2,1-3H3/b24-17-. The predicted octanol–water partition coefficient (Wildman–Crippen LogP) is 5.20. The van der Waals surface area contributed by atoms with Gasteiger partial charge in [0.2, 0.25) is 0 Å². The zero-order chi connectivity index (χ0) is 26.6. The minimum atomic E-state index is -4.19. The van der Waals surface area contributed by atoms with Gasteiger partial charge in [-0.05, 0) is 67.6 Å². The second-order valence-corrected chi connectivity index (χ2v) is 10.8. The zero-order valence-corrected chi connectivity index (χ0v) is 22.1. The Morgan fingerprint density at radius 3 is 2.38 bits per heavy atom. The summed E-state index contributed by atoms with van der Waals surface area (Å²) in [4.78, 5) is 26.7. The number of carbonyl (C=O) groups excluding carboxylic acids is 2. The van der Waals surface area contributed by atoms with Crippen molar-refractivity contribution in [3.63, 3.8) is 0 Å². The second-order valence-electron chi connectivity index (χ2n) is 8.23. The Bertz CT molecular complexity index is 1460. The maximum absolute atomic E-state index is 13.0. The van der Waals surface area contributed by atoms with Crippen molar-refractivity contribution < 1.29 is 31.7 Å². The first-order valence-corrected chi connectivity index (χ1v) is 13.5. The van der Waals surface area contributed by atoms with Crippen LogP contribution in [0, 0.1) is 13.8 Å². The molecule has 3 aromatic rings. The molecule has 4 rings (SSSR count). The summed E-state index contributed by atoms with van der Waals surface area (Å²) in [5, 5.41) is -0.443. The van der Waals surface area contributed by atoms with E-state index in [0.717, 1.165) is 27.8 Å². The van der Waals surface area contributed by atoms with Crippen molar-refractivity contribution in [3.8, 4) is 17.2 Å². The molecule has 0 radical (unpaired) electrons. The minimum absolute atomic E-state index is 0.0242. The molecule has 3 aromatic carbocycles. The largest absolute Gasteiger partial charge is 0.493 e. The molecule has 0 aliphatic carbocycles. The molecule has 0 atom stereocenters.